The highest BCUT2D eigenvalue weighted by Gasteiger charge is 2.20. The third kappa shape index (κ3) is 4.08. The number of halogens is 2. The molecule has 7 heteroatoms. The Morgan fingerprint density at radius 2 is 1.85 bits per heavy atom. The third-order valence-corrected chi connectivity index (χ3v) is 3.40. The van der Waals surface area contributed by atoms with Crippen molar-refractivity contribution in [2.24, 2.45) is 0 Å². The summed E-state index contributed by atoms with van der Waals surface area (Å²) in [4.78, 5) is 31.0. The van der Waals surface area contributed by atoms with Crippen LogP contribution in [0.25, 0.3) is 0 Å². The summed E-state index contributed by atoms with van der Waals surface area (Å²) in [7, 11) is 1.55. The fourth-order valence-corrected chi connectivity index (χ4v) is 2.08. The van der Waals surface area contributed by atoms with Crippen molar-refractivity contribution < 1.29 is 9.59 Å². The molecule has 1 aromatic heterocycles. The Balaban J connectivity index is 2.82. The average molecular weight is 318 g/mol. The number of nitrogens with zero attached hydrogens (tertiary/aromatic N) is 3. The Morgan fingerprint density at radius 1 is 1.25 bits per heavy atom. The summed E-state index contributed by atoms with van der Waals surface area (Å²) < 4.78 is 0. The molecule has 5 nitrogen and oxygen atoms in total. The zero-order valence-electron chi connectivity index (χ0n) is 11.7. The summed E-state index contributed by atoms with van der Waals surface area (Å²) >= 11 is 11.7. The molecule has 0 saturated carbocycles. The number of rotatable bonds is 5. The molecule has 1 heterocycles. The van der Waals surface area contributed by atoms with Crippen molar-refractivity contribution in [3.05, 3.63) is 28.0 Å². The highest BCUT2D eigenvalue weighted by molar-refractivity contribution is 6.35. The number of hydrogen-bond acceptors (Lipinski definition) is 3. The van der Waals surface area contributed by atoms with Gasteiger partial charge in [-0.3, -0.25) is 9.59 Å². The molecule has 1 rings (SSSR count). The summed E-state index contributed by atoms with van der Waals surface area (Å²) in [6, 6.07) is 1.39. The molecule has 1 aromatic rings. The zero-order chi connectivity index (χ0) is 15.3. The SMILES string of the molecule is CCN(CC)C(=O)CN(C)C(=O)c1cc(Cl)ncc1Cl. The Morgan fingerprint density at radius 3 is 2.40 bits per heavy atom. The molecule has 0 radical (unpaired) electrons. The summed E-state index contributed by atoms with van der Waals surface area (Å²) in [5, 5.41) is 0.391. The molecule has 0 spiro atoms. The van der Waals surface area contributed by atoms with Crippen LogP contribution in [0.3, 0.4) is 0 Å². The second-order valence-electron chi connectivity index (χ2n) is 4.21. The zero-order valence-corrected chi connectivity index (χ0v) is 13.2. The van der Waals surface area contributed by atoms with Gasteiger partial charge in [-0.25, -0.2) is 4.98 Å². The van der Waals surface area contributed by atoms with Crippen molar-refractivity contribution in [1.82, 2.24) is 14.8 Å². The predicted molar refractivity (Wildman–Crippen MR) is 79.1 cm³/mol. The molecule has 0 aliphatic carbocycles. The summed E-state index contributed by atoms with van der Waals surface area (Å²) in [6.07, 6.45) is 1.32. The number of carbonyl (C=O) groups is 2. The van der Waals surface area contributed by atoms with Gasteiger partial charge in [-0.2, -0.15) is 0 Å². The van der Waals surface area contributed by atoms with Gasteiger partial charge < -0.3 is 9.80 Å². The van der Waals surface area contributed by atoms with Gasteiger partial charge in [0.2, 0.25) is 5.91 Å². The lowest BCUT2D eigenvalue weighted by molar-refractivity contribution is -0.131. The smallest absolute Gasteiger partial charge is 0.255 e. The number of likely N-dealkylation sites (N-methyl/N-ethyl adjacent to an activating group) is 2. The second-order valence-corrected chi connectivity index (χ2v) is 5.01. The molecule has 0 fully saturated rings. The minimum absolute atomic E-state index is 0.00319. The normalized spacial score (nSPS) is 10.2. The number of pyridine rings is 1. The lowest BCUT2D eigenvalue weighted by Gasteiger charge is -2.23. The lowest BCUT2D eigenvalue weighted by atomic mass is 10.2. The summed E-state index contributed by atoms with van der Waals surface area (Å²) in [6.45, 7) is 5.00. The van der Waals surface area contributed by atoms with Gasteiger partial charge in [-0.15, -0.1) is 0 Å². The highest BCUT2D eigenvalue weighted by Crippen LogP contribution is 2.19. The molecule has 0 aliphatic rings. The van der Waals surface area contributed by atoms with Crippen molar-refractivity contribution >= 4 is 35.0 Å². The fraction of sp³-hybridized carbons (Fsp3) is 0.462. The Labute approximate surface area is 128 Å². The molecule has 110 valence electrons. The molecule has 0 bridgehead atoms. The van der Waals surface area contributed by atoms with E-state index in [1.807, 2.05) is 13.8 Å². The first-order valence-corrected chi connectivity index (χ1v) is 7.00. The van der Waals surface area contributed by atoms with Crippen molar-refractivity contribution in [3.8, 4) is 0 Å². The Kier molecular flexibility index (Phi) is 6.23. The van der Waals surface area contributed by atoms with Gasteiger partial charge in [0.15, 0.2) is 0 Å². The van der Waals surface area contributed by atoms with E-state index in [0.29, 0.717) is 13.1 Å². The second kappa shape index (κ2) is 7.45. The van der Waals surface area contributed by atoms with Gasteiger partial charge in [-0.1, -0.05) is 23.2 Å². The van der Waals surface area contributed by atoms with E-state index in [2.05, 4.69) is 4.98 Å². The van der Waals surface area contributed by atoms with E-state index in [4.69, 9.17) is 23.2 Å². The molecule has 0 N–H and O–H groups in total. The van der Waals surface area contributed by atoms with E-state index in [1.165, 1.54) is 17.2 Å². The fourth-order valence-electron chi connectivity index (χ4n) is 1.73. The Hall–Kier alpha value is -1.33. The van der Waals surface area contributed by atoms with E-state index < -0.39 is 0 Å². The molecule has 20 heavy (non-hydrogen) atoms. The van der Waals surface area contributed by atoms with Crippen LogP contribution in [0.5, 0.6) is 0 Å². The van der Waals surface area contributed by atoms with Gasteiger partial charge in [0.1, 0.15) is 5.15 Å². The maximum Gasteiger partial charge on any atom is 0.255 e. The third-order valence-electron chi connectivity index (χ3n) is 2.89. The van der Waals surface area contributed by atoms with Crippen LogP contribution in [0.1, 0.15) is 24.2 Å². The number of aromatic nitrogens is 1. The van der Waals surface area contributed by atoms with Gasteiger partial charge in [0.05, 0.1) is 17.1 Å². The monoisotopic (exact) mass is 317 g/mol. The van der Waals surface area contributed by atoms with Gasteiger partial charge in [0, 0.05) is 26.3 Å². The first-order valence-electron chi connectivity index (χ1n) is 6.24. The van der Waals surface area contributed by atoms with E-state index in [0.717, 1.165) is 0 Å². The van der Waals surface area contributed by atoms with Crippen LogP contribution in [0, 0.1) is 0 Å². The first kappa shape index (κ1) is 16.7. The molecule has 0 aliphatic heterocycles. The van der Waals surface area contributed by atoms with Gasteiger partial charge in [0.25, 0.3) is 5.91 Å². The quantitative estimate of drug-likeness (QED) is 0.783. The topological polar surface area (TPSA) is 53.5 Å². The van der Waals surface area contributed by atoms with Crippen LogP contribution in [0.4, 0.5) is 0 Å². The molecule has 0 atom stereocenters. The lowest BCUT2D eigenvalue weighted by Crippen LogP contribution is -2.41. The van der Waals surface area contributed by atoms with Crippen molar-refractivity contribution in [2.45, 2.75) is 13.8 Å². The molecule has 2 amide bonds. The van der Waals surface area contributed by atoms with Crippen molar-refractivity contribution in [2.75, 3.05) is 26.7 Å². The van der Waals surface area contributed by atoms with E-state index in [-0.39, 0.29) is 34.1 Å². The number of amides is 2. The van der Waals surface area contributed by atoms with Crippen LogP contribution >= 0.6 is 23.2 Å². The summed E-state index contributed by atoms with van der Waals surface area (Å²) in [5.74, 6) is -0.470. The van der Waals surface area contributed by atoms with Crippen molar-refractivity contribution in [3.63, 3.8) is 0 Å². The van der Waals surface area contributed by atoms with Gasteiger partial charge in [-0.05, 0) is 19.9 Å². The first-order chi connectivity index (χ1) is 9.40. The molecule has 0 aromatic carbocycles. The van der Waals surface area contributed by atoms with Crippen LogP contribution in [-0.2, 0) is 4.79 Å². The number of hydrogen-bond donors (Lipinski definition) is 0. The van der Waals surface area contributed by atoms with Crippen LogP contribution in [0.2, 0.25) is 10.2 Å². The van der Waals surface area contributed by atoms with Crippen LogP contribution in [-0.4, -0.2) is 53.3 Å². The van der Waals surface area contributed by atoms with E-state index in [1.54, 1.807) is 11.9 Å². The predicted octanol–water partition coefficient (Wildman–Crippen LogP) is 2.33. The average Bonchev–Trinajstić information content (AvgIpc) is 2.42. The molecular weight excluding hydrogens is 301 g/mol. The standard InChI is InChI=1S/C13H17Cl2N3O2/c1-4-18(5-2)12(19)8-17(3)13(20)9-6-11(15)16-7-10(9)14/h6-7H,4-5,8H2,1-3H3. The van der Waals surface area contributed by atoms with E-state index in [9.17, 15) is 9.59 Å². The largest absolute Gasteiger partial charge is 0.342 e. The van der Waals surface area contributed by atoms with Crippen molar-refractivity contribution in [1.29, 1.82) is 0 Å². The number of carbonyl (C=O) groups excluding carboxylic acids is 2. The molecule has 0 unspecified atom stereocenters. The van der Waals surface area contributed by atoms with Crippen LogP contribution < -0.4 is 0 Å². The minimum Gasteiger partial charge on any atom is -0.342 e. The summed E-state index contributed by atoms with van der Waals surface area (Å²) in [5.41, 5.74) is 0.238. The maximum absolute atomic E-state index is 12.2. The van der Waals surface area contributed by atoms with Crippen LogP contribution in [0.15, 0.2) is 12.3 Å². The minimum atomic E-state index is -0.361. The maximum atomic E-state index is 12.2. The van der Waals surface area contributed by atoms with E-state index >= 15 is 0 Å². The Bertz CT molecular complexity index is 504. The molecule has 0 saturated heterocycles. The van der Waals surface area contributed by atoms with Gasteiger partial charge >= 0.3 is 0 Å². The molecular formula is C13H17Cl2N3O2. The highest BCUT2D eigenvalue weighted by atomic mass is 35.5.